The van der Waals surface area contributed by atoms with Crippen LogP contribution in [0.1, 0.15) is 5.76 Å². The summed E-state index contributed by atoms with van der Waals surface area (Å²) < 4.78 is 15.4. The van der Waals surface area contributed by atoms with Crippen molar-refractivity contribution in [2.75, 3.05) is 31.0 Å². The second-order valence-corrected chi connectivity index (χ2v) is 5.84. The van der Waals surface area contributed by atoms with E-state index in [1.807, 2.05) is 30.3 Å². The zero-order valence-corrected chi connectivity index (χ0v) is 15.3. The smallest absolute Gasteiger partial charge is 0.411 e. The summed E-state index contributed by atoms with van der Waals surface area (Å²) in [5.41, 5.74) is 1.80. The number of fused-ring (bicyclic) bond motifs is 1. The minimum Gasteiger partial charge on any atom is -0.457 e. The van der Waals surface area contributed by atoms with Gasteiger partial charge in [-0.25, -0.2) is 4.79 Å². The molecule has 0 bridgehead atoms. The number of carbonyl (C=O) groups is 2. The Morgan fingerprint density at radius 3 is 2.57 bits per heavy atom. The zero-order chi connectivity index (χ0) is 19.8. The average molecular weight is 380 g/mol. The molecule has 0 aliphatic rings. The SMILES string of the molecule is COCCOC(=O)Nc1cccc(NC(=O)C=Cc2cc3ccccc3o2)c1. The van der Waals surface area contributed by atoms with Gasteiger partial charge in [-0.15, -0.1) is 0 Å². The van der Waals surface area contributed by atoms with Crippen molar-refractivity contribution < 1.29 is 23.5 Å². The van der Waals surface area contributed by atoms with Gasteiger partial charge in [0.1, 0.15) is 18.0 Å². The Morgan fingerprint density at radius 2 is 1.79 bits per heavy atom. The number of carbonyl (C=O) groups excluding carboxylic acids is 2. The second kappa shape index (κ2) is 9.38. The van der Waals surface area contributed by atoms with Gasteiger partial charge in [-0.3, -0.25) is 10.1 Å². The third-order valence-electron chi connectivity index (χ3n) is 3.74. The van der Waals surface area contributed by atoms with E-state index >= 15 is 0 Å². The van der Waals surface area contributed by atoms with E-state index in [0.717, 1.165) is 11.0 Å². The Balaban J connectivity index is 1.57. The van der Waals surface area contributed by atoms with Gasteiger partial charge in [-0.05, 0) is 36.4 Å². The lowest BCUT2D eigenvalue weighted by atomic mass is 10.2. The minimum atomic E-state index is -0.592. The number of rotatable bonds is 7. The average Bonchev–Trinajstić information content (AvgIpc) is 3.10. The first-order valence-electron chi connectivity index (χ1n) is 8.64. The van der Waals surface area contributed by atoms with E-state index in [2.05, 4.69) is 10.6 Å². The maximum atomic E-state index is 12.1. The first-order chi connectivity index (χ1) is 13.6. The maximum absolute atomic E-state index is 12.1. The van der Waals surface area contributed by atoms with Crippen molar-refractivity contribution in [2.45, 2.75) is 0 Å². The number of methoxy groups -OCH3 is 1. The van der Waals surface area contributed by atoms with Crippen LogP contribution >= 0.6 is 0 Å². The molecule has 0 radical (unpaired) electrons. The number of nitrogens with one attached hydrogen (secondary N) is 2. The molecular weight excluding hydrogens is 360 g/mol. The van der Waals surface area contributed by atoms with Crippen LogP contribution in [-0.4, -0.2) is 32.3 Å². The summed E-state index contributed by atoms with van der Waals surface area (Å²) in [6.45, 7) is 0.479. The van der Waals surface area contributed by atoms with Gasteiger partial charge in [0.15, 0.2) is 0 Å². The van der Waals surface area contributed by atoms with Crippen LogP contribution in [0.2, 0.25) is 0 Å². The predicted molar refractivity (Wildman–Crippen MR) is 107 cm³/mol. The number of furan rings is 1. The first kappa shape index (κ1) is 19.2. The quantitative estimate of drug-likeness (QED) is 0.472. The molecule has 3 aromatic rings. The summed E-state index contributed by atoms with van der Waals surface area (Å²) in [6.07, 6.45) is 2.40. The third-order valence-corrected chi connectivity index (χ3v) is 3.74. The number of hydrogen-bond donors (Lipinski definition) is 2. The van der Waals surface area contributed by atoms with E-state index in [0.29, 0.717) is 23.7 Å². The molecule has 3 rings (SSSR count). The molecule has 0 saturated heterocycles. The largest absolute Gasteiger partial charge is 0.457 e. The normalized spacial score (nSPS) is 10.9. The van der Waals surface area contributed by atoms with Crippen LogP contribution in [-0.2, 0) is 14.3 Å². The lowest BCUT2D eigenvalue weighted by molar-refractivity contribution is -0.111. The van der Waals surface area contributed by atoms with E-state index in [1.54, 1.807) is 30.3 Å². The number of ether oxygens (including phenoxy) is 2. The Bertz CT molecular complexity index is 960. The molecule has 144 valence electrons. The maximum Gasteiger partial charge on any atom is 0.411 e. The molecule has 0 unspecified atom stereocenters. The Labute approximate surface area is 161 Å². The molecule has 0 saturated carbocycles. The molecule has 2 aromatic carbocycles. The summed E-state index contributed by atoms with van der Waals surface area (Å²) in [7, 11) is 1.52. The highest BCUT2D eigenvalue weighted by atomic mass is 16.6. The molecular formula is C21H20N2O5. The van der Waals surface area contributed by atoms with Gasteiger partial charge in [0.25, 0.3) is 0 Å². The molecule has 2 amide bonds. The van der Waals surface area contributed by atoms with Crippen molar-refractivity contribution in [1.82, 2.24) is 0 Å². The third kappa shape index (κ3) is 5.46. The molecule has 1 aromatic heterocycles. The van der Waals surface area contributed by atoms with Crippen LogP contribution in [0.15, 0.2) is 65.1 Å². The second-order valence-electron chi connectivity index (χ2n) is 5.84. The Hall–Kier alpha value is -3.58. The van der Waals surface area contributed by atoms with Crippen LogP contribution in [0.25, 0.3) is 17.0 Å². The molecule has 7 heteroatoms. The highest BCUT2D eigenvalue weighted by molar-refractivity contribution is 6.02. The van der Waals surface area contributed by atoms with Crippen LogP contribution in [0.5, 0.6) is 0 Å². The predicted octanol–water partition coefficient (Wildman–Crippen LogP) is 4.28. The standard InChI is InChI=1S/C21H20N2O5/c1-26-11-12-27-21(25)23-17-7-4-6-16(14-17)22-20(24)10-9-18-13-15-5-2-3-8-19(15)28-18/h2-10,13-14H,11-12H2,1H3,(H,22,24)(H,23,25). The highest BCUT2D eigenvalue weighted by Crippen LogP contribution is 2.20. The van der Waals surface area contributed by atoms with Gasteiger partial charge in [0.05, 0.1) is 6.61 Å². The molecule has 7 nitrogen and oxygen atoms in total. The molecule has 0 aliphatic carbocycles. The van der Waals surface area contributed by atoms with Crippen LogP contribution < -0.4 is 10.6 Å². The summed E-state index contributed by atoms with van der Waals surface area (Å²) in [5.74, 6) is 0.269. The van der Waals surface area contributed by atoms with Crippen molar-refractivity contribution in [3.63, 3.8) is 0 Å². The Morgan fingerprint density at radius 1 is 1.00 bits per heavy atom. The molecule has 1 heterocycles. The molecule has 2 N–H and O–H groups in total. The van der Waals surface area contributed by atoms with E-state index in [4.69, 9.17) is 13.9 Å². The van der Waals surface area contributed by atoms with Gasteiger partial charge in [-0.2, -0.15) is 0 Å². The molecule has 0 aliphatic heterocycles. The monoisotopic (exact) mass is 380 g/mol. The van der Waals surface area contributed by atoms with Crippen molar-refractivity contribution in [2.24, 2.45) is 0 Å². The fourth-order valence-electron chi connectivity index (χ4n) is 2.47. The molecule has 0 fully saturated rings. The van der Waals surface area contributed by atoms with Crippen molar-refractivity contribution >= 4 is 40.4 Å². The van der Waals surface area contributed by atoms with E-state index in [9.17, 15) is 9.59 Å². The molecule has 0 atom stereocenters. The van der Waals surface area contributed by atoms with Crippen LogP contribution in [0.4, 0.5) is 16.2 Å². The zero-order valence-electron chi connectivity index (χ0n) is 15.3. The van der Waals surface area contributed by atoms with Crippen molar-refractivity contribution in [3.8, 4) is 0 Å². The van der Waals surface area contributed by atoms with Gasteiger partial charge in [0, 0.05) is 29.9 Å². The fourth-order valence-corrected chi connectivity index (χ4v) is 2.47. The first-order valence-corrected chi connectivity index (χ1v) is 8.64. The summed E-state index contributed by atoms with van der Waals surface area (Å²) >= 11 is 0. The summed E-state index contributed by atoms with van der Waals surface area (Å²) in [6, 6.07) is 16.2. The van der Waals surface area contributed by atoms with Crippen LogP contribution in [0.3, 0.4) is 0 Å². The summed E-state index contributed by atoms with van der Waals surface area (Å²) in [5, 5.41) is 6.29. The highest BCUT2D eigenvalue weighted by Gasteiger charge is 2.05. The van der Waals surface area contributed by atoms with E-state index in [-0.39, 0.29) is 12.5 Å². The van der Waals surface area contributed by atoms with Gasteiger partial charge >= 0.3 is 6.09 Å². The topological polar surface area (TPSA) is 89.8 Å². The van der Waals surface area contributed by atoms with Gasteiger partial charge in [0.2, 0.25) is 5.91 Å². The lowest BCUT2D eigenvalue weighted by Crippen LogP contribution is -2.16. The van der Waals surface area contributed by atoms with Gasteiger partial charge in [-0.1, -0.05) is 24.3 Å². The Kier molecular flexibility index (Phi) is 6.43. The molecule has 28 heavy (non-hydrogen) atoms. The minimum absolute atomic E-state index is 0.158. The van der Waals surface area contributed by atoms with Crippen molar-refractivity contribution in [3.05, 3.63) is 66.4 Å². The number of anilines is 2. The van der Waals surface area contributed by atoms with E-state index in [1.165, 1.54) is 13.2 Å². The van der Waals surface area contributed by atoms with Crippen LogP contribution in [0, 0.1) is 0 Å². The number of amides is 2. The molecule has 0 spiro atoms. The van der Waals surface area contributed by atoms with E-state index < -0.39 is 6.09 Å². The number of para-hydroxylation sites is 1. The van der Waals surface area contributed by atoms with Gasteiger partial charge < -0.3 is 19.2 Å². The number of hydrogen-bond acceptors (Lipinski definition) is 5. The van der Waals surface area contributed by atoms with Crippen molar-refractivity contribution in [1.29, 1.82) is 0 Å². The lowest BCUT2D eigenvalue weighted by Gasteiger charge is -2.08. The number of benzene rings is 2. The summed E-state index contributed by atoms with van der Waals surface area (Å²) in [4.78, 5) is 23.8. The fraction of sp³-hybridized carbons (Fsp3) is 0.143.